The van der Waals surface area contributed by atoms with Gasteiger partial charge in [-0.1, -0.05) is 170 Å². The highest BCUT2D eigenvalue weighted by Crippen LogP contribution is 2.38. The number of fused-ring (bicyclic) bond motifs is 3. The Morgan fingerprint density at radius 2 is 0.525 bits per heavy atom. The number of pyridine rings is 3. The summed E-state index contributed by atoms with van der Waals surface area (Å²) in [5.41, 5.74) is 17.1. The van der Waals surface area contributed by atoms with Crippen molar-refractivity contribution in [3.8, 4) is 84.4 Å². The van der Waals surface area contributed by atoms with Crippen LogP contribution in [0.4, 0.5) is 0 Å². The summed E-state index contributed by atoms with van der Waals surface area (Å²) in [4.78, 5) is 15.9. The minimum Gasteiger partial charge on any atom is -0.309 e. The molecule has 4 nitrogen and oxygen atoms in total. The molecule has 0 atom stereocenters. The molecule has 7 aromatic carbocycles. The minimum absolute atomic E-state index is 0.857. The van der Waals surface area contributed by atoms with Crippen molar-refractivity contribution in [2.75, 3.05) is 0 Å². The van der Waals surface area contributed by atoms with Crippen LogP contribution >= 0.6 is 0 Å². The number of benzene rings is 7. The van der Waals surface area contributed by atoms with Gasteiger partial charge in [0.2, 0.25) is 0 Å². The number of nitrogens with zero attached hydrogens (tertiary/aromatic N) is 4. The smallest absolute Gasteiger partial charge is 0.0717 e. The normalized spacial score (nSPS) is 11.3. The lowest BCUT2D eigenvalue weighted by Crippen LogP contribution is -1.97. The van der Waals surface area contributed by atoms with Crippen LogP contribution in [0.3, 0.4) is 0 Å². The molecule has 11 rings (SSSR count). The van der Waals surface area contributed by atoms with Crippen LogP contribution in [-0.4, -0.2) is 19.5 Å². The van der Waals surface area contributed by atoms with Gasteiger partial charge in [0.25, 0.3) is 0 Å². The SMILES string of the molecule is c1ccc(-c2cc(-c3cc(-c4ccc(-n5c6ccccc6c6ccccc65)cc4)cc(-c4cc(-c5ccccc5)nc(-c5ccccc5)c4)n3)cc(-c3ccccc3)n2)cc1. The second-order valence-electron chi connectivity index (χ2n) is 15.3. The molecule has 4 heteroatoms. The fourth-order valence-electron chi connectivity index (χ4n) is 8.38. The van der Waals surface area contributed by atoms with E-state index in [0.717, 1.165) is 84.4 Å². The van der Waals surface area contributed by atoms with Crippen molar-refractivity contribution in [3.05, 3.63) is 231 Å². The second-order valence-corrected chi connectivity index (χ2v) is 15.3. The predicted molar refractivity (Wildman–Crippen MR) is 252 cm³/mol. The fourth-order valence-corrected chi connectivity index (χ4v) is 8.38. The van der Waals surface area contributed by atoms with E-state index >= 15 is 0 Å². The van der Waals surface area contributed by atoms with Crippen molar-refractivity contribution in [1.29, 1.82) is 0 Å². The van der Waals surface area contributed by atoms with Gasteiger partial charge in [-0.2, -0.15) is 0 Å². The van der Waals surface area contributed by atoms with Gasteiger partial charge >= 0.3 is 0 Å². The summed E-state index contributed by atoms with van der Waals surface area (Å²) in [6.07, 6.45) is 0. The number of aromatic nitrogens is 4. The van der Waals surface area contributed by atoms with E-state index < -0.39 is 0 Å². The Bertz CT molecular complexity index is 3010. The molecule has 286 valence electrons. The molecular formula is C57H38N4. The lowest BCUT2D eigenvalue weighted by atomic mass is 9.97. The van der Waals surface area contributed by atoms with E-state index in [-0.39, 0.29) is 0 Å². The van der Waals surface area contributed by atoms with Crippen LogP contribution in [0.1, 0.15) is 0 Å². The molecule has 0 aliphatic rings. The van der Waals surface area contributed by atoms with E-state index in [0.29, 0.717) is 0 Å². The number of hydrogen-bond acceptors (Lipinski definition) is 3. The first-order chi connectivity index (χ1) is 30.2. The standard InChI is InChI=1S/C57H38N4/c1-5-17-40(18-6-1)50-35-45(36-51(58-50)41-19-7-2-8-20-41)54-33-44(39-29-31-47(32-30-39)61-56-27-15-13-25-48(56)49-26-14-16-28-57(49)61)34-55(60-54)46-37-52(42-21-9-3-10-22-42)59-53(38-46)43-23-11-4-12-24-43/h1-38H. The quantitative estimate of drug-likeness (QED) is 0.154. The van der Waals surface area contributed by atoms with Gasteiger partial charge in [0.05, 0.1) is 45.2 Å². The molecule has 0 saturated carbocycles. The molecule has 0 amide bonds. The summed E-state index contributed by atoms with van der Waals surface area (Å²) >= 11 is 0. The van der Waals surface area contributed by atoms with Crippen LogP contribution < -0.4 is 0 Å². The molecule has 4 aromatic heterocycles. The predicted octanol–water partition coefficient (Wildman–Crippen LogP) is 14.6. The molecule has 0 spiro atoms. The first-order valence-corrected chi connectivity index (χ1v) is 20.6. The van der Waals surface area contributed by atoms with Crippen molar-refractivity contribution in [1.82, 2.24) is 19.5 Å². The van der Waals surface area contributed by atoms with E-state index in [1.807, 2.05) is 24.3 Å². The van der Waals surface area contributed by atoms with Gasteiger partial charge in [0.1, 0.15) is 0 Å². The molecule has 0 N–H and O–H groups in total. The Morgan fingerprint density at radius 1 is 0.230 bits per heavy atom. The average molecular weight is 779 g/mol. The monoisotopic (exact) mass is 778 g/mol. The summed E-state index contributed by atoms with van der Waals surface area (Å²) < 4.78 is 2.36. The van der Waals surface area contributed by atoms with Crippen LogP contribution in [0.25, 0.3) is 106 Å². The largest absolute Gasteiger partial charge is 0.309 e. The van der Waals surface area contributed by atoms with Crippen LogP contribution in [-0.2, 0) is 0 Å². The molecule has 11 aromatic rings. The Morgan fingerprint density at radius 3 is 0.885 bits per heavy atom. The van der Waals surface area contributed by atoms with Crippen LogP contribution in [0.15, 0.2) is 231 Å². The lowest BCUT2D eigenvalue weighted by molar-refractivity contribution is 1.18. The fraction of sp³-hybridized carbons (Fsp3) is 0. The molecule has 0 unspecified atom stereocenters. The van der Waals surface area contributed by atoms with Crippen LogP contribution in [0.2, 0.25) is 0 Å². The van der Waals surface area contributed by atoms with Gasteiger partial charge in [0.15, 0.2) is 0 Å². The number of rotatable bonds is 8. The van der Waals surface area contributed by atoms with E-state index in [9.17, 15) is 0 Å². The van der Waals surface area contributed by atoms with E-state index in [2.05, 4.69) is 211 Å². The molecule has 0 aliphatic heterocycles. The Kier molecular flexibility index (Phi) is 9.14. The third kappa shape index (κ3) is 6.96. The summed E-state index contributed by atoms with van der Waals surface area (Å²) in [5.74, 6) is 0. The zero-order valence-electron chi connectivity index (χ0n) is 33.2. The van der Waals surface area contributed by atoms with Gasteiger partial charge in [-0.05, 0) is 71.8 Å². The molecule has 0 bridgehead atoms. The highest BCUT2D eigenvalue weighted by molar-refractivity contribution is 6.09. The van der Waals surface area contributed by atoms with Crippen molar-refractivity contribution >= 4 is 21.8 Å². The third-order valence-corrected chi connectivity index (χ3v) is 11.4. The molecule has 61 heavy (non-hydrogen) atoms. The van der Waals surface area contributed by atoms with E-state index in [4.69, 9.17) is 15.0 Å². The maximum absolute atomic E-state index is 5.51. The summed E-state index contributed by atoms with van der Waals surface area (Å²) in [5, 5.41) is 2.49. The lowest BCUT2D eigenvalue weighted by Gasteiger charge is -2.15. The average Bonchev–Trinajstić information content (AvgIpc) is 3.69. The maximum Gasteiger partial charge on any atom is 0.0717 e. The summed E-state index contributed by atoms with van der Waals surface area (Å²) in [7, 11) is 0. The number of hydrogen-bond donors (Lipinski definition) is 0. The van der Waals surface area contributed by atoms with Crippen molar-refractivity contribution in [3.63, 3.8) is 0 Å². The van der Waals surface area contributed by atoms with Crippen molar-refractivity contribution in [2.24, 2.45) is 0 Å². The van der Waals surface area contributed by atoms with E-state index in [1.165, 1.54) is 21.8 Å². The molecule has 0 radical (unpaired) electrons. The second kappa shape index (κ2) is 15.5. The number of para-hydroxylation sites is 2. The van der Waals surface area contributed by atoms with Crippen molar-refractivity contribution < 1.29 is 0 Å². The van der Waals surface area contributed by atoms with Crippen LogP contribution in [0, 0.1) is 0 Å². The first-order valence-electron chi connectivity index (χ1n) is 20.6. The van der Waals surface area contributed by atoms with Gasteiger partial charge < -0.3 is 4.57 Å². The summed E-state index contributed by atoms with van der Waals surface area (Å²) in [6.45, 7) is 0. The van der Waals surface area contributed by atoms with Gasteiger partial charge in [0, 0.05) is 49.8 Å². The molecule has 0 aliphatic carbocycles. The molecule has 0 fully saturated rings. The summed E-state index contributed by atoms with van der Waals surface area (Å²) in [6, 6.07) is 80.8. The maximum atomic E-state index is 5.51. The Labute approximate surface area is 354 Å². The minimum atomic E-state index is 0.857. The third-order valence-electron chi connectivity index (χ3n) is 11.4. The Hall–Kier alpha value is -8.21. The van der Waals surface area contributed by atoms with E-state index in [1.54, 1.807) is 0 Å². The molecular weight excluding hydrogens is 741 g/mol. The topological polar surface area (TPSA) is 43.6 Å². The van der Waals surface area contributed by atoms with Crippen LogP contribution in [0.5, 0.6) is 0 Å². The van der Waals surface area contributed by atoms with Gasteiger partial charge in [-0.15, -0.1) is 0 Å². The zero-order valence-corrected chi connectivity index (χ0v) is 33.2. The Balaban J connectivity index is 1.12. The highest BCUT2D eigenvalue weighted by atomic mass is 15.0. The van der Waals surface area contributed by atoms with Gasteiger partial charge in [-0.3, -0.25) is 0 Å². The molecule has 4 heterocycles. The first kappa shape index (κ1) is 35.9. The van der Waals surface area contributed by atoms with Gasteiger partial charge in [-0.25, -0.2) is 15.0 Å². The van der Waals surface area contributed by atoms with Crippen molar-refractivity contribution in [2.45, 2.75) is 0 Å². The zero-order chi connectivity index (χ0) is 40.5. The molecule has 0 saturated heterocycles. The highest BCUT2D eigenvalue weighted by Gasteiger charge is 2.17.